The van der Waals surface area contributed by atoms with Crippen LogP contribution in [0.1, 0.15) is 36.1 Å². The lowest BCUT2D eigenvalue weighted by molar-refractivity contribution is -0.137. The van der Waals surface area contributed by atoms with Gasteiger partial charge in [-0.1, -0.05) is 36.4 Å². The van der Waals surface area contributed by atoms with E-state index in [0.29, 0.717) is 17.2 Å². The molecule has 2 rings (SSSR count). The number of halogens is 3. The van der Waals surface area contributed by atoms with Gasteiger partial charge in [0.2, 0.25) is 0 Å². The minimum Gasteiger partial charge on any atom is -0.386 e. The molecule has 0 saturated heterocycles. The van der Waals surface area contributed by atoms with E-state index >= 15 is 0 Å². The summed E-state index contributed by atoms with van der Waals surface area (Å²) in [5.41, 5.74) is 0.710. The molecule has 0 heterocycles. The fraction of sp³-hybridized carbons (Fsp3) is 0.316. The fourth-order valence-electron chi connectivity index (χ4n) is 2.32. The first kappa shape index (κ1) is 20.2. The fourth-order valence-corrected chi connectivity index (χ4v) is 2.46. The summed E-state index contributed by atoms with van der Waals surface area (Å²) in [5.74, 6) is 0. The maximum atomic E-state index is 12.7. The minimum absolute atomic E-state index is 0.202. The van der Waals surface area contributed by atoms with E-state index in [2.05, 4.69) is 10.6 Å². The summed E-state index contributed by atoms with van der Waals surface area (Å²) < 4.78 is 38.1. The summed E-state index contributed by atoms with van der Waals surface area (Å²) in [5, 5.41) is 16.2. The van der Waals surface area contributed by atoms with Gasteiger partial charge >= 0.3 is 6.18 Å². The van der Waals surface area contributed by atoms with Gasteiger partial charge in [-0.2, -0.15) is 13.2 Å². The Balaban J connectivity index is 1.84. The molecule has 0 aliphatic rings. The number of rotatable bonds is 5. The van der Waals surface area contributed by atoms with Crippen LogP contribution in [0, 0.1) is 0 Å². The maximum absolute atomic E-state index is 12.7. The molecule has 0 atom stereocenters. The average Bonchev–Trinajstić information content (AvgIpc) is 2.57. The van der Waals surface area contributed by atoms with E-state index in [9.17, 15) is 18.3 Å². The lowest BCUT2D eigenvalue weighted by atomic mass is 9.97. The Morgan fingerprint density at radius 1 is 0.923 bits per heavy atom. The maximum Gasteiger partial charge on any atom is 0.416 e. The lowest BCUT2D eigenvalue weighted by Gasteiger charge is -2.18. The highest BCUT2D eigenvalue weighted by Gasteiger charge is 2.30. The molecule has 0 aromatic heterocycles. The number of aliphatic hydroxyl groups is 1. The Bertz CT molecular complexity index is 753. The first-order chi connectivity index (χ1) is 12.1. The highest BCUT2D eigenvalue weighted by molar-refractivity contribution is 7.80. The molecular weight excluding hydrogens is 361 g/mol. The van der Waals surface area contributed by atoms with Crippen LogP contribution < -0.4 is 10.6 Å². The molecule has 0 aliphatic heterocycles. The Hall–Kier alpha value is -2.12. The van der Waals surface area contributed by atoms with Crippen LogP contribution in [0.15, 0.2) is 48.5 Å². The molecule has 2 aromatic rings. The predicted octanol–water partition coefficient (Wildman–Crippen LogP) is 4.10. The van der Waals surface area contributed by atoms with Crippen LogP contribution in [-0.2, 0) is 24.9 Å². The quantitative estimate of drug-likeness (QED) is 0.682. The molecule has 0 radical (unpaired) electrons. The molecule has 3 N–H and O–H groups in total. The summed E-state index contributed by atoms with van der Waals surface area (Å²) in [6.45, 7) is 4.11. The molecule has 0 spiro atoms. The van der Waals surface area contributed by atoms with Gasteiger partial charge in [0.1, 0.15) is 0 Å². The summed E-state index contributed by atoms with van der Waals surface area (Å²) in [7, 11) is 0. The Kier molecular flexibility index (Phi) is 6.26. The molecule has 0 bridgehead atoms. The number of alkyl halides is 3. The molecule has 26 heavy (non-hydrogen) atoms. The van der Waals surface area contributed by atoms with Gasteiger partial charge in [0.25, 0.3) is 0 Å². The number of thiocarbonyl (C=S) groups is 1. The van der Waals surface area contributed by atoms with Gasteiger partial charge < -0.3 is 15.7 Å². The molecule has 7 heteroatoms. The van der Waals surface area contributed by atoms with Gasteiger partial charge in [0.15, 0.2) is 5.11 Å². The second-order valence-corrected chi connectivity index (χ2v) is 6.90. The standard InChI is InChI=1S/C19H21F3N2OS/c1-18(2,25)15-8-6-13(7-9-15)11-23-17(26)24-12-14-4-3-5-16(10-14)19(20,21)22/h3-10,25H,11-12H2,1-2H3,(H2,23,24,26). The van der Waals surface area contributed by atoms with Crippen molar-refractivity contribution in [2.45, 2.75) is 38.7 Å². The van der Waals surface area contributed by atoms with Crippen LogP contribution in [0.3, 0.4) is 0 Å². The molecule has 0 aliphatic carbocycles. The molecule has 3 nitrogen and oxygen atoms in total. The number of hydrogen-bond donors (Lipinski definition) is 3. The van der Waals surface area contributed by atoms with Gasteiger partial charge in [-0.15, -0.1) is 0 Å². The van der Waals surface area contributed by atoms with Crippen molar-refractivity contribution < 1.29 is 18.3 Å². The highest BCUT2D eigenvalue weighted by atomic mass is 32.1. The second-order valence-electron chi connectivity index (χ2n) is 6.49. The first-order valence-electron chi connectivity index (χ1n) is 8.05. The predicted molar refractivity (Wildman–Crippen MR) is 99.4 cm³/mol. The third-order valence-corrected chi connectivity index (χ3v) is 4.11. The summed E-state index contributed by atoms with van der Waals surface area (Å²) in [4.78, 5) is 0. The van der Waals surface area contributed by atoms with Gasteiger partial charge in [0, 0.05) is 13.1 Å². The van der Waals surface area contributed by atoms with Crippen molar-refractivity contribution in [3.63, 3.8) is 0 Å². The number of hydrogen-bond acceptors (Lipinski definition) is 2. The van der Waals surface area contributed by atoms with Crippen molar-refractivity contribution in [1.29, 1.82) is 0 Å². The second kappa shape index (κ2) is 8.05. The lowest BCUT2D eigenvalue weighted by Crippen LogP contribution is -2.34. The zero-order valence-corrected chi connectivity index (χ0v) is 15.3. The Labute approximate surface area is 156 Å². The third-order valence-electron chi connectivity index (χ3n) is 3.82. The summed E-state index contributed by atoms with van der Waals surface area (Å²) >= 11 is 5.16. The van der Waals surface area contributed by atoms with Crippen molar-refractivity contribution in [1.82, 2.24) is 10.6 Å². The third kappa shape index (κ3) is 6.00. The van der Waals surface area contributed by atoms with Crippen LogP contribution in [0.25, 0.3) is 0 Å². The van der Waals surface area contributed by atoms with E-state index in [1.54, 1.807) is 19.9 Å². The molecule has 140 valence electrons. The van der Waals surface area contributed by atoms with Gasteiger partial charge in [-0.25, -0.2) is 0 Å². The number of nitrogens with one attached hydrogen (secondary N) is 2. The van der Waals surface area contributed by atoms with Crippen molar-refractivity contribution >= 4 is 17.3 Å². The van der Waals surface area contributed by atoms with E-state index in [1.807, 2.05) is 24.3 Å². The summed E-state index contributed by atoms with van der Waals surface area (Å²) in [6, 6.07) is 12.6. The molecule has 2 aromatic carbocycles. The normalized spacial score (nSPS) is 11.9. The van der Waals surface area contributed by atoms with E-state index in [4.69, 9.17) is 12.2 Å². The van der Waals surface area contributed by atoms with E-state index in [1.165, 1.54) is 6.07 Å². The first-order valence-corrected chi connectivity index (χ1v) is 8.46. The van der Waals surface area contributed by atoms with Crippen molar-refractivity contribution in [2.24, 2.45) is 0 Å². The van der Waals surface area contributed by atoms with Gasteiger partial charge in [-0.3, -0.25) is 0 Å². The van der Waals surface area contributed by atoms with Crippen LogP contribution >= 0.6 is 12.2 Å². The topological polar surface area (TPSA) is 44.3 Å². The zero-order valence-electron chi connectivity index (χ0n) is 14.5. The monoisotopic (exact) mass is 382 g/mol. The molecule has 0 unspecified atom stereocenters. The Morgan fingerprint density at radius 2 is 1.50 bits per heavy atom. The van der Waals surface area contributed by atoms with Gasteiger partial charge in [-0.05, 0) is 54.9 Å². The molecule has 0 amide bonds. The zero-order chi connectivity index (χ0) is 19.4. The average molecular weight is 382 g/mol. The summed E-state index contributed by atoms with van der Waals surface area (Å²) in [6.07, 6.45) is -4.36. The molecule has 0 fully saturated rings. The van der Waals surface area contributed by atoms with Crippen LogP contribution in [-0.4, -0.2) is 10.2 Å². The molecule has 0 saturated carbocycles. The Morgan fingerprint density at radius 3 is 2.04 bits per heavy atom. The van der Waals surface area contributed by atoms with E-state index in [0.717, 1.165) is 23.3 Å². The highest BCUT2D eigenvalue weighted by Crippen LogP contribution is 2.29. The van der Waals surface area contributed by atoms with Crippen LogP contribution in [0.5, 0.6) is 0 Å². The van der Waals surface area contributed by atoms with Crippen molar-refractivity contribution in [2.75, 3.05) is 0 Å². The van der Waals surface area contributed by atoms with Crippen molar-refractivity contribution in [3.8, 4) is 0 Å². The van der Waals surface area contributed by atoms with Crippen molar-refractivity contribution in [3.05, 3.63) is 70.8 Å². The van der Waals surface area contributed by atoms with Gasteiger partial charge in [0.05, 0.1) is 11.2 Å². The van der Waals surface area contributed by atoms with Crippen LogP contribution in [0.2, 0.25) is 0 Å². The van der Waals surface area contributed by atoms with E-state index < -0.39 is 17.3 Å². The molecular formula is C19H21F3N2OS. The minimum atomic E-state index is -4.36. The number of benzene rings is 2. The largest absolute Gasteiger partial charge is 0.416 e. The van der Waals surface area contributed by atoms with Crippen LogP contribution in [0.4, 0.5) is 13.2 Å². The van der Waals surface area contributed by atoms with E-state index in [-0.39, 0.29) is 6.54 Å². The SMILES string of the molecule is CC(C)(O)c1ccc(CNC(=S)NCc2cccc(C(F)(F)F)c2)cc1. The smallest absolute Gasteiger partial charge is 0.386 e.